The second-order valence-electron chi connectivity index (χ2n) is 13.0. The summed E-state index contributed by atoms with van der Waals surface area (Å²) < 4.78 is 2.27. The Balaban J connectivity index is 1.14. The minimum Gasteiger partial charge on any atom is -0.296 e. The van der Waals surface area contributed by atoms with Crippen LogP contribution in [0.5, 0.6) is 0 Å². The summed E-state index contributed by atoms with van der Waals surface area (Å²) in [7, 11) is 0. The van der Waals surface area contributed by atoms with Crippen molar-refractivity contribution < 1.29 is 0 Å². The lowest BCUT2D eigenvalue weighted by molar-refractivity contribution is 0.908. The molecule has 0 aliphatic heterocycles. The number of benzene rings is 7. The molecule has 0 aliphatic rings. The van der Waals surface area contributed by atoms with Gasteiger partial charge in [-0.2, -0.15) is 0 Å². The van der Waals surface area contributed by atoms with Crippen LogP contribution in [-0.4, -0.2) is 24.5 Å². The molecule has 0 unspecified atom stereocenters. The fraction of sp³-hybridized carbons (Fsp3) is 0.0417. The molecule has 252 valence electrons. The van der Waals surface area contributed by atoms with Crippen LogP contribution in [0.4, 0.5) is 0 Å². The van der Waals surface area contributed by atoms with E-state index in [9.17, 15) is 0 Å². The van der Waals surface area contributed by atoms with E-state index in [0.717, 1.165) is 62.3 Å². The molecule has 0 atom stereocenters. The quantitative estimate of drug-likeness (QED) is 0.160. The maximum Gasteiger partial charge on any atom is 0.164 e. The highest BCUT2D eigenvalue weighted by Crippen LogP contribution is 2.41. The van der Waals surface area contributed by atoms with Gasteiger partial charge in [0.05, 0.1) is 11.0 Å². The topological polar surface area (TPSA) is 56.5 Å². The maximum absolute atomic E-state index is 4.95. The fourth-order valence-electron chi connectivity index (χ4n) is 7.08. The van der Waals surface area contributed by atoms with Gasteiger partial charge in [0.25, 0.3) is 0 Å². The van der Waals surface area contributed by atoms with Crippen LogP contribution in [0, 0.1) is 0 Å². The van der Waals surface area contributed by atoms with E-state index in [1.165, 1.54) is 16.7 Å². The number of hydrogen-bond acceptors (Lipinski definition) is 4. The van der Waals surface area contributed by atoms with Crippen molar-refractivity contribution in [1.29, 1.82) is 0 Å². The fourth-order valence-corrected chi connectivity index (χ4v) is 7.08. The molecule has 0 radical (unpaired) electrons. The van der Waals surface area contributed by atoms with E-state index in [2.05, 4.69) is 127 Å². The Bertz CT molecular complexity index is 2610. The molecule has 0 saturated heterocycles. The van der Waals surface area contributed by atoms with Gasteiger partial charge in [-0.3, -0.25) is 4.57 Å². The first-order valence-corrected chi connectivity index (χ1v) is 18.0. The van der Waals surface area contributed by atoms with Gasteiger partial charge in [-0.25, -0.2) is 19.9 Å². The van der Waals surface area contributed by atoms with Crippen LogP contribution in [0.3, 0.4) is 0 Å². The van der Waals surface area contributed by atoms with E-state index in [-0.39, 0.29) is 0 Å². The first-order chi connectivity index (χ1) is 26.2. The lowest BCUT2D eigenvalue weighted by Crippen LogP contribution is -2.00. The van der Waals surface area contributed by atoms with Crippen molar-refractivity contribution in [2.24, 2.45) is 0 Å². The Hall–Kier alpha value is -6.98. The molecule has 2 aromatic heterocycles. The van der Waals surface area contributed by atoms with Gasteiger partial charge in [0.15, 0.2) is 17.5 Å². The first-order valence-electron chi connectivity index (χ1n) is 18.0. The average molecular weight is 682 g/mol. The van der Waals surface area contributed by atoms with Crippen LogP contribution in [0.1, 0.15) is 12.7 Å². The van der Waals surface area contributed by atoms with Crippen LogP contribution < -0.4 is 0 Å². The van der Waals surface area contributed by atoms with Crippen LogP contribution >= 0.6 is 0 Å². The average Bonchev–Trinajstić information content (AvgIpc) is 3.63. The lowest BCUT2D eigenvalue weighted by Gasteiger charge is -2.17. The zero-order valence-corrected chi connectivity index (χ0v) is 29.3. The highest BCUT2D eigenvalue weighted by Gasteiger charge is 2.17. The second-order valence-corrected chi connectivity index (χ2v) is 13.0. The molecule has 0 bridgehead atoms. The Morgan fingerprint density at radius 2 is 0.811 bits per heavy atom. The molecular formula is C48H35N5. The third kappa shape index (κ3) is 6.19. The molecule has 0 fully saturated rings. The van der Waals surface area contributed by atoms with E-state index in [1.54, 1.807) is 0 Å². The van der Waals surface area contributed by atoms with Crippen molar-refractivity contribution in [3.05, 3.63) is 188 Å². The minimum atomic E-state index is 0.636. The number of nitrogens with zero attached hydrogens (tertiary/aromatic N) is 5. The molecule has 0 amide bonds. The maximum atomic E-state index is 4.95. The molecular weight excluding hydrogens is 647 g/mol. The van der Waals surface area contributed by atoms with Gasteiger partial charge in [0, 0.05) is 28.8 Å². The van der Waals surface area contributed by atoms with Gasteiger partial charge in [-0.15, -0.1) is 0 Å². The van der Waals surface area contributed by atoms with Crippen LogP contribution in [0.2, 0.25) is 0 Å². The number of aryl methyl sites for hydroxylation is 1. The number of para-hydroxylation sites is 2. The monoisotopic (exact) mass is 681 g/mol. The van der Waals surface area contributed by atoms with Crippen LogP contribution in [0.25, 0.3) is 84.3 Å². The minimum absolute atomic E-state index is 0.636. The first kappa shape index (κ1) is 32.0. The standard InChI is InChI=1S/C48H35N5/c1-2-44-49-42-23-12-13-24-43(42)53(44)39-31-29-35(30-32-39)45-40(33-15-6-3-7-16-33)21-14-22-41(45)34-25-27-38(28-26-34)48-51-46(36-17-8-4-9-18-36)50-47(52-48)37-19-10-5-11-20-37/h3-32H,2H2,1H3. The van der Waals surface area contributed by atoms with Gasteiger partial charge < -0.3 is 0 Å². The normalized spacial score (nSPS) is 11.2. The van der Waals surface area contributed by atoms with E-state index < -0.39 is 0 Å². The van der Waals surface area contributed by atoms with Gasteiger partial charge in [-0.05, 0) is 57.6 Å². The smallest absolute Gasteiger partial charge is 0.164 e. The number of hydrogen-bond donors (Lipinski definition) is 0. The van der Waals surface area contributed by atoms with Crippen LogP contribution in [-0.2, 0) is 6.42 Å². The summed E-state index contributed by atoms with van der Waals surface area (Å²) in [4.78, 5) is 19.7. The Labute approximate surface area is 309 Å². The molecule has 0 N–H and O–H groups in total. The third-order valence-corrected chi connectivity index (χ3v) is 9.66. The number of rotatable bonds is 8. The van der Waals surface area contributed by atoms with Gasteiger partial charge in [-0.1, -0.05) is 165 Å². The third-order valence-electron chi connectivity index (χ3n) is 9.66. The van der Waals surface area contributed by atoms with E-state index in [1.807, 2.05) is 66.7 Å². The van der Waals surface area contributed by atoms with Gasteiger partial charge in [0.1, 0.15) is 5.82 Å². The summed E-state index contributed by atoms with van der Waals surface area (Å²) in [5.41, 5.74) is 13.0. The number of fused-ring (bicyclic) bond motifs is 1. The number of imidazole rings is 1. The molecule has 7 aromatic carbocycles. The molecule has 0 spiro atoms. The summed E-state index contributed by atoms with van der Waals surface area (Å²) in [5, 5.41) is 0. The predicted molar refractivity (Wildman–Crippen MR) is 216 cm³/mol. The van der Waals surface area contributed by atoms with Gasteiger partial charge >= 0.3 is 0 Å². The second kappa shape index (κ2) is 14.0. The van der Waals surface area contributed by atoms with Crippen molar-refractivity contribution in [3.63, 3.8) is 0 Å². The van der Waals surface area contributed by atoms with Crippen molar-refractivity contribution in [1.82, 2.24) is 24.5 Å². The molecule has 0 saturated carbocycles. The summed E-state index contributed by atoms with van der Waals surface area (Å²) in [6.07, 6.45) is 0.846. The van der Waals surface area contributed by atoms with Crippen molar-refractivity contribution in [2.45, 2.75) is 13.3 Å². The Morgan fingerprint density at radius 1 is 0.377 bits per heavy atom. The van der Waals surface area contributed by atoms with Crippen molar-refractivity contribution in [2.75, 3.05) is 0 Å². The van der Waals surface area contributed by atoms with E-state index >= 15 is 0 Å². The molecule has 5 nitrogen and oxygen atoms in total. The predicted octanol–water partition coefficient (Wildman–Crippen LogP) is 11.8. The Kier molecular flexibility index (Phi) is 8.43. The largest absolute Gasteiger partial charge is 0.296 e. The Morgan fingerprint density at radius 3 is 1.36 bits per heavy atom. The van der Waals surface area contributed by atoms with E-state index in [4.69, 9.17) is 19.9 Å². The zero-order chi connectivity index (χ0) is 35.6. The zero-order valence-electron chi connectivity index (χ0n) is 29.3. The van der Waals surface area contributed by atoms with Crippen molar-refractivity contribution in [3.8, 4) is 73.2 Å². The summed E-state index contributed by atoms with van der Waals surface area (Å²) >= 11 is 0. The lowest BCUT2D eigenvalue weighted by atomic mass is 9.87. The molecule has 2 heterocycles. The number of aromatic nitrogens is 5. The molecule has 5 heteroatoms. The SMILES string of the molecule is CCc1nc2ccccc2n1-c1ccc(-c2c(-c3ccccc3)cccc2-c2ccc(-c3nc(-c4ccccc4)nc(-c4ccccc4)n3)cc2)cc1. The highest BCUT2D eigenvalue weighted by atomic mass is 15.1. The van der Waals surface area contributed by atoms with Crippen LogP contribution in [0.15, 0.2) is 182 Å². The molecule has 9 rings (SSSR count). The van der Waals surface area contributed by atoms with E-state index in [0.29, 0.717) is 17.5 Å². The summed E-state index contributed by atoms with van der Waals surface area (Å²) in [6.45, 7) is 2.16. The molecule has 53 heavy (non-hydrogen) atoms. The van der Waals surface area contributed by atoms with Crippen molar-refractivity contribution >= 4 is 11.0 Å². The molecule has 0 aliphatic carbocycles. The molecule has 9 aromatic rings. The summed E-state index contributed by atoms with van der Waals surface area (Å²) in [6, 6.07) is 63.2. The highest BCUT2D eigenvalue weighted by molar-refractivity contribution is 5.95. The summed E-state index contributed by atoms with van der Waals surface area (Å²) in [5.74, 6) is 2.98. The van der Waals surface area contributed by atoms with Gasteiger partial charge in [0.2, 0.25) is 0 Å².